The predicted octanol–water partition coefficient (Wildman–Crippen LogP) is 5.37. The molecule has 0 atom stereocenters. The first-order valence-electron chi connectivity index (χ1n) is 9.59. The fourth-order valence-corrected chi connectivity index (χ4v) is 9.68. The Hall–Kier alpha value is -1.94. The normalized spacial score (nSPS) is 22.9. The van der Waals surface area contributed by atoms with E-state index in [1.807, 2.05) is 12.1 Å². The van der Waals surface area contributed by atoms with Crippen LogP contribution in [0.5, 0.6) is 0 Å². The number of benzene rings is 2. The molecule has 1 saturated heterocycles. The van der Waals surface area contributed by atoms with E-state index in [2.05, 4.69) is 30.3 Å². The van der Waals surface area contributed by atoms with Crippen molar-refractivity contribution >= 4 is 19.2 Å². The van der Waals surface area contributed by atoms with E-state index in [9.17, 15) is 9.18 Å². The first-order chi connectivity index (χ1) is 12.6. The highest BCUT2D eigenvalue weighted by Crippen LogP contribution is 2.40. The molecule has 0 unspecified atom stereocenters. The highest BCUT2D eigenvalue weighted by Gasteiger charge is 2.38. The number of hydrogen-bond donors (Lipinski definition) is 1. The van der Waals surface area contributed by atoms with Crippen LogP contribution in [0, 0.1) is 0 Å². The van der Waals surface area contributed by atoms with Gasteiger partial charge < -0.3 is 5.11 Å². The summed E-state index contributed by atoms with van der Waals surface area (Å²) in [4.78, 5) is 11.0. The van der Waals surface area contributed by atoms with Crippen LogP contribution >= 0.6 is 0 Å². The fourth-order valence-electron chi connectivity index (χ4n) is 4.43. The van der Waals surface area contributed by atoms with E-state index in [4.69, 9.17) is 5.11 Å². The van der Waals surface area contributed by atoms with Gasteiger partial charge in [-0.05, 0) is 42.9 Å². The van der Waals surface area contributed by atoms with E-state index in [1.54, 1.807) is 12.1 Å². The Labute approximate surface area is 156 Å². The van der Waals surface area contributed by atoms with Crippen LogP contribution < -0.4 is 5.19 Å². The standard InChI is InChI=1S/C22H27FO2Si/c23-14-4-5-15-26(21-6-2-1-3-7-21)16-12-19(13-17-26)18-8-10-20(11-9-18)22(24)25/h1-3,6-11,19H,4-5,12-17H2,(H,24,25). The molecule has 26 heavy (non-hydrogen) atoms. The number of rotatable bonds is 7. The average Bonchev–Trinajstić information content (AvgIpc) is 2.69. The minimum Gasteiger partial charge on any atom is -0.478 e. The van der Waals surface area contributed by atoms with Crippen molar-refractivity contribution < 1.29 is 14.3 Å². The fraction of sp³-hybridized carbons (Fsp3) is 0.409. The molecule has 4 heteroatoms. The molecule has 0 aliphatic carbocycles. The topological polar surface area (TPSA) is 37.3 Å². The monoisotopic (exact) mass is 370 g/mol. The summed E-state index contributed by atoms with van der Waals surface area (Å²) in [6.07, 6.45) is 3.99. The van der Waals surface area contributed by atoms with Gasteiger partial charge in [0.05, 0.1) is 20.3 Å². The Balaban J connectivity index is 1.72. The third kappa shape index (κ3) is 4.23. The highest BCUT2D eigenvalue weighted by atomic mass is 28.3. The minimum absolute atomic E-state index is 0.210. The second-order valence-electron chi connectivity index (χ2n) is 7.49. The zero-order valence-electron chi connectivity index (χ0n) is 15.2. The van der Waals surface area contributed by atoms with Gasteiger partial charge in [-0.15, -0.1) is 0 Å². The maximum absolute atomic E-state index is 12.6. The van der Waals surface area contributed by atoms with Gasteiger partial charge >= 0.3 is 5.97 Å². The van der Waals surface area contributed by atoms with Gasteiger partial charge in [0.1, 0.15) is 0 Å². The van der Waals surface area contributed by atoms with Crippen LogP contribution in [-0.4, -0.2) is 25.8 Å². The number of halogens is 1. The lowest BCUT2D eigenvalue weighted by Crippen LogP contribution is -2.49. The van der Waals surface area contributed by atoms with E-state index >= 15 is 0 Å². The van der Waals surface area contributed by atoms with Crippen molar-refractivity contribution in [3.8, 4) is 0 Å². The maximum atomic E-state index is 12.6. The molecule has 0 saturated carbocycles. The molecular weight excluding hydrogens is 343 g/mol. The summed E-state index contributed by atoms with van der Waals surface area (Å²) >= 11 is 0. The van der Waals surface area contributed by atoms with E-state index < -0.39 is 14.0 Å². The Morgan fingerprint density at radius 2 is 1.65 bits per heavy atom. The molecule has 1 N–H and O–H groups in total. The van der Waals surface area contributed by atoms with Gasteiger partial charge in [0.25, 0.3) is 0 Å². The number of carboxylic acid groups (broad SMARTS) is 1. The third-order valence-corrected chi connectivity index (χ3v) is 11.4. The molecule has 1 fully saturated rings. The van der Waals surface area contributed by atoms with Crippen molar-refractivity contribution in [2.45, 2.75) is 49.7 Å². The van der Waals surface area contributed by atoms with Crippen LogP contribution in [0.15, 0.2) is 54.6 Å². The molecule has 0 bridgehead atoms. The van der Waals surface area contributed by atoms with Crippen molar-refractivity contribution in [2.75, 3.05) is 6.67 Å². The van der Waals surface area contributed by atoms with E-state index in [-0.39, 0.29) is 6.67 Å². The van der Waals surface area contributed by atoms with Gasteiger partial charge in [-0.3, -0.25) is 4.39 Å². The van der Waals surface area contributed by atoms with E-state index in [1.165, 1.54) is 28.9 Å². The molecule has 0 amide bonds. The molecule has 2 aromatic carbocycles. The first kappa shape index (κ1) is 18.8. The minimum atomic E-state index is -1.56. The summed E-state index contributed by atoms with van der Waals surface area (Å²) in [6, 6.07) is 22.0. The number of unbranched alkanes of at least 4 members (excludes halogenated alkanes) is 1. The molecule has 138 valence electrons. The average molecular weight is 371 g/mol. The summed E-state index contributed by atoms with van der Waals surface area (Å²) in [5.41, 5.74) is 1.61. The predicted molar refractivity (Wildman–Crippen MR) is 107 cm³/mol. The van der Waals surface area contributed by atoms with Crippen LogP contribution in [0.2, 0.25) is 18.1 Å². The number of carboxylic acids is 1. The van der Waals surface area contributed by atoms with Crippen molar-refractivity contribution in [3.63, 3.8) is 0 Å². The lowest BCUT2D eigenvalue weighted by Gasteiger charge is -2.39. The molecule has 1 heterocycles. The Kier molecular flexibility index (Phi) is 6.25. The van der Waals surface area contributed by atoms with Crippen LogP contribution in [0.3, 0.4) is 0 Å². The summed E-state index contributed by atoms with van der Waals surface area (Å²) in [6.45, 7) is -0.210. The largest absolute Gasteiger partial charge is 0.478 e. The maximum Gasteiger partial charge on any atom is 0.335 e. The number of aromatic carboxylic acids is 1. The molecule has 0 aromatic heterocycles. The second kappa shape index (κ2) is 8.63. The van der Waals surface area contributed by atoms with Gasteiger partial charge in [-0.25, -0.2) is 4.79 Å². The van der Waals surface area contributed by atoms with Gasteiger partial charge in [0.15, 0.2) is 0 Å². The number of hydrogen-bond acceptors (Lipinski definition) is 1. The zero-order valence-corrected chi connectivity index (χ0v) is 16.2. The smallest absolute Gasteiger partial charge is 0.335 e. The lowest BCUT2D eigenvalue weighted by atomic mass is 9.93. The lowest BCUT2D eigenvalue weighted by molar-refractivity contribution is 0.0697. The summed E-state index contributed by atoms with van der Waals surface area (Å²) in [5, 5.41) is 10.6. The Morgan fingerprint density at radius 3 is 2.23 bits per heavy atom. The third-order valence-electron chi connectivity index (χ3n) is 6.00. The molecule has 1 aliphatic rings. The highest BCUT2D eigenvalue weighted by molar-refractivity contribution is 6.92. The summed E-state index contributed by atoms with van der Waals surface area (Å²) in [5.74, 6) is -0.355. The van der Waals surface area contributed by atoms with Gasteiger partial charge in [0.2, 0.25) is 0 Å². The van der Waals surface area contributed by atoms with Crippen molar-refractivity contribution in [2.24, 2.45) is 0 Å². The van der Waals surface area contributed by atoms with Crippen molar-refractivity contribution in [1.29, 1.82) is 0 Å². The van der Waals surface area contributed by atoms with Gasteiger partial charge in [-0.2, -0.15) is 0 Å². The number of carbonyl (C=O) groups is 1. The summed E-state index contributed by atoms with van der Waals surface area (Å²) < 4.78 is 12.6. The molecule has 2 aromatic rings. The molecule has 3 rings (SSSR count). The van der Waals surface area contributed by atoms with Crippen LogP contribution in [-0.2, 0) is 0 Å². The van der Waals surface area contributed by atoms with Crippen LogP contribution in [0.4, 0.5) is 4.39 Å². The van der Waals surface area contributed by atoms with E-state index in [0.29, 0.717) is 17.9 Å². The molecular formula is C22H27FO2Si. The summed E-state index contributed by atoms with van der Waals surface area (Å²) in [7, 11) is -1.56. The molecule has 2 nitrogen and oxygen atoms in total. The van der Waals surface area contributed by atoms with Crippen LogP contribution in [0.25, 0.3) is 0 Å². The second-order valence-corrected chi connectivity index (χ2v) is 12.1. The van der Waals surface area contributed by atoms with E-state index in [0.717, 1.165) is 19.3 Å². The van der Waals surface area contributed by atoms with Gasteiger partial charge in [0, 0.05) is 0 Å². The first-order valence-corrected chi connectivity index (χ1v) is 12.2. The Bertz CT molecular complexity index is 707. The Morgan fingerprint density at radius 1 is 1.00 bits per heavy atom. The van der Waals surface area contributed by atoms with Gasteiger partial charge in [-0.1, -0.05) is 72.2 Å². The quantitative estimate of drug-likeness (QED) is 0.526. The molecule has 1 aliphatic heterocycles. The molecule has 0 spiro atoms. The number of alkyl halides is 1. The SMILES string of the molecule is O=C(O)c1ccc(C2CC[Si](CCCCF)(c3ccccc3)CC2)cc1. The van der Waals surface area contributed by atoms with Crippen molar-refractivity contribution in [3.05, 3.63) is 65.7 Å². The molecule has 0 radical (unpaired) electrons. The van der Waals surface area contributed by atoms with Crippen molar-refractivity contribution in [1.82, 2.24) is 0 Å². The van der Waals surface area contributed by atoms with Crippen LogP contribution in [0.1, 0.15) is 47.5 Å². The zero-order chi connectivity index (χ0) is 18.4.